The lowest BCUT2D eigenvalue weighted by molar-refractivity contribution is -0.0370. The van der Waals surface area contributed by atoms with Gasteiger partial charge in [-0.3, -0.25) is 9.11 Å². The SMILES string of the molecule is CC(C)N1CCOC(CNCCC(C)S(C)=O)C1. The minimum atomic E-state index is -0.710. The summed E-state index contributed by atoms with van der Waals surface area (Å²) in [4.78, 5) is 2.46. The Morgan fingerprint density at radius 1 is 1.44 bits per heavy atom. The lowest BCUT2D eigenvalue weighted by Crippen LogP contribution is -2.49. The molecule has 0 amide bonds. The van der Waals surface area contributed by atoms with Gasteiger partial charge in [0.15, 0.2) is 0 Å². The smallest absolute Gasteiger partial charge is 0.0826 e. The van der Waals surface area contributed by atoms with Gasteiger partial charge in [-0.05, 0) is 26.8 Å². The van der Waals surface area contributed by atoms with Gasteiger partial charge in [-0.15, -0.1) is 0 Å². The molecular weight excluding hydrogens is 248 g/mol. The molecule has 5 heteroatoms. The van der Waals surface area contributed by atoms with Crippen molar-refractivity contribution in [2.45, 2.75) is 44.6 Å². The molecule has 108 valence electrons. The van der Waals surface area contributed by atoms with Gasteiger partial charge in [-0.1, -0.05) is 6.92 Å². The fraction of sp³-hybridized carbons (Fsp3) is 1.00. The number of nitrogens with one attached hydrogen (secondary N) is 1. The highest BCUT2D eigenvalue weighted by Gasteiger charge is 2.21. The second-order valence-corrected chi connectivity index (χ2v) is 7.19. The first-order valence-electron chi connectivity index (χ1n) is 6.89. The molecule has 0 aromatic carbocycles. The maximum Gasteiger partial charge on any atom is 0.0826 e. The highest BCUT2D eigenvalue weighted by atomic mass is 32.2. The van der Waals surface area contributed by atoms with Crippen LogP contribution in [-0.2, 0) is 15.5 Å². The molecule has 0 spiro atoms. The zero-order valence-corrected chi connectivity index (χ0v) is 13.0. The fourth-order valence-electron chi connectivity index (χ4n) is 2.07. The average molecular weight is 276 g/mol. The van der Waals surface area contributed by atoms with E-state index in [2.05, 4.69) is 24.1 Å². The molecule has 1 rings (SSSR count). The lowest BCUT2D eigenvalue weighted by atomic mass is 10.2. The number of rotatable bonds is 7. The van der Waals surface area contributed by atoms with Gasteiger partial charge in [0.2, 0.25) is 0 Å². The molecule has 0 bridgehead atoms. The van der Waals surface area contributed by atoms with Crippen LogP contribution in [-0.4, -0.2) is 65.5 Å². The molecule has 0 aromatic heterocycles. The molecule has 1 N–H and O–H groups in total. The average Bonchev–Trinajstić information content (AvgIpc) is 2.34. The van der Waals surface area contributed by atoms with Gasteiger partial charge in [0.05, 0.1) is 12.7 Å². The van der Waals surface area contributed by atoms with Crippen LogP contribution in [0.25, 0.3) is 0 Å². The lowest BCUT2D eigenvalue weighted by Gasteiger charge is -2.35. The van der Waals surface area contributed by atoms with E-state index in [1.807, 2.05) is 6.92 Å². The summed E-state index contributed by atoms with van der Waals surface area (Å²) in [5, 5.41) is 3.69. The minimum absolute atomic E-state index is 0.275. The van der Waals surface area contributed by atoms with Crippen molar-refractivity contribution in [1.29, 1.82) is 0 Å². The molecule has 18 heavy (non-hydrogen) atoms. The van der Waals surface area contributed by atoms with Crippen molar-refractivity contribution in [2.75, 3.05) is 39.0 Å². The summed E-state index contributed by atoms with van der Waals surface area (Å²) in [5.41, 5.74) is 0. The summed E-state index contributed by atoms with van der Waals surface area (Å²) >= 11 is 0. The third kappa shape index (κ3) is 5.78. The van der Waals surface area contributed by atoms with Gasteiger partial charge in [0.25, 0.3) is 0 Å². The van der Waals surface area contributed by atoms with Crippen molar-refractivity contribution in [1.82, 2.24) is 10.2 Å². The number of morpholine rings is 1. The van der Waals surface area contributed by atoms with E-state index in [4.69, 9.17) is 4.74 Å². The zero-order chi connectivity index (χ0) is 13.5. The molecule has 4 nitrogen and oxygen atoms in total. The summed E-state index contributed by atoms with van der Waals surface area (Å²) in [6.07, 6.45) is 3.03. The maximum absolute atomic E-state index is 11.2. The molecule has 3 atom stereocenters. The van der Waals surface area contributed by atoms with Crippen LogP contribution in [0.1, 0.15) is 27.2 Å². The largest absolute Gasteiger partial charge is 0.374 e. The summed E-state index contributed by atoms with van der Waals surface area (Å²) in [6.45, 7) is 11.2. The summed E-state index contributed by atoms with van der Waals surface area (Å²) in [6, 6.07) is 0.596. The van der Waals surface area contributed by atoms with Crippen molar-refractivity contribution in [3.8, 4) is 0 Å². The second kappa shape index (κ2) is 8.25. The van der Waals surface area contributed by atoms with Crippen molar-refractivity contribution in [3.63, 3.8) is 0 Å². The van der Waals surface area contributed by atoms with Gasteiger partial charge < -0.3 is 10.1 Å². The molecule has 0 radical (unpaired) electrons. The first-order chi connectivity index (χ1) is 8.50. The molecular formula is C13H28N2O2S. The van der Waals surface area contributed by atoms with E-state index in [1.165, 1.54) is 0 Å². The van der Waals surface area contributed by atoms with E-state index in [-0.39, 0.29) is 5.25 Å². The Bertz CT molecular complexity index is 261. The normalized spacial score (nSPS) is 25.3. The molecule has 0 aromatic rings. The minimum Gasteiger partial charge on any atom is -0.374 e. The van der Waals surface area contributed by atoms with E-state index >= 15 is 0 Å². The Kier molecular flexibility index (Phi) is 7.37. The summed E-state index contributed by atoms with van der Waals surface area (Å²) in [7, 11) is -0.710. The molecule has 3 unspecified atom stereocenters. The van der Waals surface area contributed by atoms with Crippen molar-refractivity contribution < 1.29 is 8.95 Å². The highest BCUT2D eigenvalue weighted by molar-refractivity contribution is 7.84. The third-order valence-electron chi connectivity index (χ3n) is 3.57. The van der Waals surface area contributed by atoms with E-state index < -0.39 is 10.8 Å². The fourth-order valence-corrected chi connectivity index (χ4v) is 2.52. The van der Waals surface area contributed by atoms with Crippen LogP contribution in [0.2, 0.25) is 0 Å². The van der Waals surface area contributed by atoms with Crippen LogP contribution in [0, 0.1) is 0 Å². The Morgan fingerprint density at radius 2 is 2.17 bits per heavy atom. The Hall–Kier alpha value is 0.0300. The first-order valence-corrected chi connectivity index (χ1v) is 8.51. The monoisotopic (exact) mass is 276 g/mol. The van der Waals surface area contributed by atoms with Crippen LogP contribution in [0.15, 0.2) is 0 Å². The number of nitrogens with zero attached hydrogens (tertiary/aromatic N) is 1. The highest BCUT2D eigenvalue weighted by Crippen LogP contribution is 2.08. The van der Waals surface area contributed by atoms with Crippen molar-refractivity contribution in [3.05, 3.63) is 0 Å². The van der Waals surface area contributed by atoms with Crippen LogP contribution in [0.3, 0.4) is 0 Å². The van der Waals surface area contributed by atoms with Crippen LogP contribution >= 0.6 is 0 Å². The van der Waals surface area contributed by atoms with E-state index in [0.29, 0.717) is 12.1 Å². The van der Waals surface area contributed by atoms with Crippen molar-refractivity contribution in [2.24, 2.45) is 0 Å². The number of hydrogen-bond donors (Lipinski definition) is 1. The summed E-state index contributed by atoms with van der Waals surface area (Å²) in [5.74, 6) is 0. The molecule has 0 saturated carbocycles. The van der Waals surface area contributed by atoms with Gasteiger partial charge in [-0.2, -0.15) is 0 Å². The van der Waals surface area contributed by atoms with E-state index in [1.54, 1.807) is 6.26 Å². The molecule has 1 saturated heterocycles. The van der Waals surface area contributed by atoms with Crippen LogP contribution in [0.4, 0.5) is 0 Å². The van der Waals surface area contributed by atoms with Gasteiger partial charge in [0, 0.05) is 48.0 Å². The topological polar surface area (TPSA) is 41.6 Å². The summed E-state index contributed by atoms with van der Waals surface area (Å²) < 4.78 is 17.0. The predicted octanol–water partition coefficient (Wildman–Crippen LogP) is 0.842. The Morgan fingerprint density at radius 3 is 2.78 bits per heavy atom. The molecule has 1 aliphatic rings. The predicted molar refractivity (Wildman–Crippen MR) is 77.5 cm³/mol. The van der Waals surface area contributed by atoms with Gasteiger partial charge in [-0.25, -0.2) is 0 Å². The standard InChI is InChI=1S/C13H28N2O2S/c1-11(2)15-7-8-17-13(10-15)9-14-6-5-12(3)18(4)16/h11-14H,5-10H2,1-4H3. The first kappa shape index (κ1) is 16.1. The Balaban J connectivity index is 2.13. The van der Waals surface area contributed by atoms with Gasteiger partial charge >= 0.3 is 0 Å². The second-order valence-electron chi connectivity index (χ2n) is 5.38. The van der Waals surface area contributed by atoms with Gasteiger partial charge in [0.1, 0.15) is 0 Å². The zero-order valence-electron chi connectivity index (χ0n) is 12.1. The number of hydrogen-bond acceptors (Lipinski definition) is 4. The van der Waals surface area contributed by atoms with Crippen LogP contribution < -0.4 is 5.32 Å². The maximum atomic E-state index is 11.2. The molecule has 1 heterocycles. The molecule has 0 aliphatic carbocycles. The molecule has 1 fully saturated rings. The molecule has 1 aliphatic heterocycles. The number of ether oxygens (including phenoxy) is 1. The van der Waals surface area contributed by atoms with E-state index in [9.17, 15) is 4.21 Å². The van der Waals surface area contributed by atoms with Crippen LogP contribution in [0.5, 0.6) is 0 Å². The Labute approximate surface area is 114 Å². The quantitative estimate of drug-likeness (QED) is 0.700. The third-order valence-corrected chi connectivity index (χ3v) is 4.94. The van der Waals surface area contributed by atoms with Crippen molar-refractivity contribution >= 4 is 10.8 Å². The van der Waals surface area contributed by atoms with E-state index in [0.717, 1.165) is 39.2 Å².